The Kier molecular flexibility index (Phi) is 6.09. The predicted molar refractivity (Wildman–Crippen MR) is 115 cm³/mol. The number of hydrogen-bond acceptors (Lipinski definition) is 7. The van der Waals surface area contributed by atoms with Crippen LogP contribution >= 0.6 is 24.0 Å². The number of methoxy groups -OCH3 is 2. The van der Waals surface area contributed by atoms with Gasteiger partial charge in [-0.1, -0.05) is 36.1 Å². The topological polar surface area (TPSA) is 96.3 Å². The molecule has 0 saturated carbocycles. The van der Waals surface area contributed by atoms with Crippen LogP contribution in [0.3, 0.4) is 0 Å². The molecule has 1 heterocycles. The average molecular weight is 431 g/mol. The van der Waals surface area contributed by atoms with Crippen molar-refractivity contribution in [2.75, 3.05) is 19.1 Å². The minimum atomic E-state index is -0.925. The van der Waals surface area contributed by atoms with Crippen LogP contribution in [0.5, 0.6) is 17.2 Å². The fraction of sp³-hybridized carbons (Fsp3) is 0.150. The second-order valence-electron chi connectivity index (χ2n) is 6.03. The van der Waals surface area contributed by atoms with Crippen LogP contribution in [-0.2, 0) is 16.0 Å². The first kappa shape index (κ1) is 20.7. The second-order valence-corrected chi connectivity index (χ2v) is 7.70. The summed E-state index contributed by atoms with van der Waals surface area (Å²) >= 11 is 6.51. The Morgan fingerprint density at radius 1 is 1.17 bits per heavy atom. The van der Waals surface area contributed by atoms with Gasteiger partial charge < -0.3 is 19.7 Å². The quantitative estimate of drug-likeness (QED) is 0.530. The largest absolute Gasteiger partial charge is 0.502 e. The molecular formula is C20H17NO6S2. The molecule has 2 aromatic carbocycles. The normalized spacial score (nSPS) is 15.1. The molecule has 1 fully saturated rings. The lowest BCUT2D eigenvalue weighted by Crippen LogP contribution is -2.27. The number of nitrogens with zero attached hydrogens (tertiary/aromatic N) is 1. The minimum absolute atomic E-state index is 0.0942. The van der Waals surface area contributed by atoms with Gasteiger partial charge in [0.25, 0.3) is 5.91 Å². The number of phenolic OH excluding ortho intramolecular Hbond substituents is 1. The van der Waals surface area contributed by atoms with E-state index in [0.717, 1.165) is 11.8 Å². The van der Waals surface area contributed by atoms with E-state index in [1.54, 1.807) is 42.5 Å². The molecular weight excluding hydrogens is 414 g/mol. The third kappa shape index (κ3) is 4.36. The molecule has 0 spiro atoms. The smallest absolute Gasteiger partial charge is 0.307 e. The number of thioether (sulfide) groups is 1. The number of rotatable bonds is 6. The summed E-state index contributed by atoms with van der Waals surface area (Å²) in [5, 5.41) is 18.9. The molecule has 9 heteroatoms. The molecule has 0 atom stereocenters. The monoisotopic (exact) mass is 431 g/mol. The first-order valence-electron chi connectivity index (χ1n) is 8.37. The Morgan fingerprint density at radius 2 is 1.76 bits per heavy atom. The molecule has 1 saturated heterocycles. The molecule has 0 aromatic heterocycles. The van der Waals surface area contributed by atoms with E-state index in [-0.39, 0.29) is 29.6 Å². The van der Waals surface area contributed by atoms with Gasteiger partial charge in [-0.15, -0.1) is 0 Å². The van der Waals surface area contributed by atoms with E-state index in [9.17, 15) is 14.7 Å². The zero-order chi connectivity index (χ0) is 21.1. The van der Waals surface area contributed by atoms with Crippen molar-refractivity contribution >= 4 is 51.9 Å². The van der Waals surface area contributed by atoms with Gasteiger partial charge in [-0.3, -0.25) is 14.5 Å². The van der Waals surface area contributed by atoms with Gasteiger partial charge in [-0.05, 0) is 41.5 Å². The molecule has 7 nitrogen and oxygen atoms in total. The van der Waals surface area contributed by atoms with E-state index in [0.29, 0.717) is 26.0 Å². The number of ether oxygens (including phenoxy) is 2. The molecule has 2 N–H and O–H groups in total. The van der Waals surface area contributed by atoms with Crippen LogP contribution in [0.1, 0.15) is 11.1 Å². The zero-order valence-corrected chi connectivity index (χ0v) is 17.2. The molecule has 0 aliphatic carbocycles. The number of phenols is 1. The average Bonchev–Trinajstić information content (AvgIpc) is 2.96. The molecule has 0 unspecified atom stereocenters. The third-order valence-corrected chi connectivity index (χ3v) is 5.45. The number of anilines is 1. The maximum atomic E-state index is 12.9. The first-order chi connectivity index (χ1) is 13.8. The van der Waals surface area contributed by atoms with Crippen LogP contribution < -0.4 is 14.4 Å². The lowest BCUT2D eigenvalue weighted by molar-refractivity contribution is -0.136. The predicted octanol–water partition coefficient (Wildman–Crippen LogP) is 3.44. The summed E-state index contributed by atoms with van der Waals surface area (Å²) in [6, 6.07) is 9.82. The number of amides is 1. The van der Waals surface area contributed by atoms with Crippen LogP contribution in [0.25, 0.3) is 6.08 Å². The van der Waals surface area contributed by atoms with E-state index in [1.807, 2.05) is 0 Å². The van der Waals surface area contributed by atoms with Gasteiger partial charge in [-0.25, -0.2) is 0 Å². The highest BCUT2D eigenvalue weighted by Gasteiger charge is 2.33. The number of aliphatic carboxylic acids is 1. The third-order valence-electron chi connectivity index (χ3n) is 4.14. The van der Waals surface area contributed by atoms with Gasteiger partial charge in [0.05, 0.1) is 31.2 Å². The van der Waals surface area contributed by atoms with Crippen molar-refractivity contribution in [3.63, 3.8) is 0 Å². The maximum absolute atomic E-state index is 12.9. The van der Waals surface area contributed by atoms with E-state index in [1.165, 1.54) is 19.1 Å². The molecule has 1 aliphatic heterocycles. The lowest BCUT2D eigenvalue weighted by atomic mass is 10.1. The highest BCUT2D eigenvalue weighted by atomic mass is 32.2. The summed E-state index contributed by atoms with van der Waals surface area (Å²) in [4.78, 5) is 25.5. The van der Waals surface area contributed by atoms with Crippen molar-refractivity contribution in [1.82, 2.24) is 0 Å². The van der Waals surface area contributed by atoms with Crippen LogP contribution in [0.2, 0.25) is 0 Å². The summed E-state index contributed by atoms with van der Waals surface area (Å²) in [7, 11) is 2.84. The van der Waals surface area contributed by atoms with Crippen LogP contribution in [-0.4, -0.2) is 40.6 Å². The molecule has 1 amide bonds. The molecule has 2 aromatic rings. The fourth-order valence-electron chi connectivity index (χ4n) is 2.78. The van der Waals surface area contributed by atoms with E-state index < -0.39 is 5.97 Å². The summed E-state index contributed by atoms with van der Waals surface area (Å²) in [5.74, 6) is -0.899. The molecule has 29 heavy (non-hydrogen) atoms. The number of hydrogen-bond donors (Lipinski definition) is 2. The zero-order valence-electron chi connectivity index (χ0n) is 15.5. The number of benzene rings is 2. The highest BCUT2D eigenvalue weighted by molar-refractivity contribution is 8.27. The van der Waals surface area contributed by atoms with Gasteiger partial charge in [0.1, 0.15) is 0 Å². The van der Waals surface area contributed by atoms with Gasteiger partial charge in [0.2, 0.25) is 5.75 Å². The fourth-order valence-corrected chi connectivity index (χ4v) is 4.08. The first-order valence-corrected chi connectivity index (χ1v) is 9.60. The number of thiocarbonyl (C=S) groups is 1. The lowest BCUT2D eigenvalue weighted by Gasteiger charge is -2.14. The molecule has 0 radical (unpaired) electrons. The van der Waals surface area contributed by atoms with Crippen molar-refractivity contribution in [2.24, 2.45) is 0 Å². The van der Waals surface area contributed by atoms with Crippen molar-refractivity contribution < 1.29 is 29.3 Å². The Bertz CT molecular complexity index is 991. The van der Waals surface area contributed by atoms with Crippen molar-refractivity contribution in [3.8, 4) is 17.2 Å². The Morgan fingerprint density at radius 3 is 2.28 bits per heavy atom. The number of carbonyl (C=O) groups excluding carboxylic acids is 1. The van der Waals surface area contributed by atoms with Crippen LogP contribution in [0, 0.1) is 0 Å². The molecule has 1 aliphatic rings. The Hall–Kier alpha value is -3.04. The summed E-state index contributed by atoms with van der Waals surface area (Å²) < 4.78 is 10.6. The van der Waals surface area contributed by atoms with Gasteiger partial charge in [0.15, 0.2) is 15.8 Å². The van der Waals surface area contributed by atoms with Crippen LogP contribution in [0.15, 0.2) is 41.3 Å². The van der Waals surface area contributed by atoms with Gasteiger partial charge >= 0.3 is 5.97 Å². The summed E-state index contributed by atoms with van der Waals surface area (Å²) in [6.07, 6.45) is 1.55. The van der Waals surface area contributed by atoms with Crippen molar-refractivity contribution in [1.29, 1.82) is 0 Å². The van der Waals surface area contributed by atoms with Crippen molar-refractivity contribution in [3.05, 3.63) is 52.4 Å². The van der Waals surface area contributed by atoms with Gasteiger partial charge in [-0.2, -0.15) is 0 Å². The number of carboxylic acids is 1. The van der Waals surface area contributed by atoms with Gasteiger partial charge in [0, 0.05) is 0 Å². The maximum Gasteiger partial charge on any atom is 0.307 e. The van der Waals surface area contributed by atoms with E-state index in [4.69, 9.17) is 26.8 Å². The SMILES string of the molecule is COc1cc(/C=C2\SC(=S)N(c3ccc(CC(=O)O)cc3)C2=O)cc(OC)c1O. The molecule has 0 bridgehead atoms. The Balaban J connectivity index is 1.90. The van der Waals surface area contributed by atoms with E-state index in [2.05, 4.69) is 0 Å². The summed E-state index contributed by atoms with van der Waals surface area (Å²) in [6.45, 7) is 0. The van der Waals surface area contributed by atoms with E-state index >= 15 is 0 Å². The Labute approximate surface area is 176 Å². The number of carbonyl (C=O) groups is 2. The van der Waals surface area contributed by atoms with Crippen molar-refractivity contribution in [2.45, 2.75) is 6.42 Å². The standard InChI is InChI=1S/C20H17NO6S2/c1-26-14-7-12(8-15(27-2)18(14)24)9-16-19(25)21(20(28)29-16)13-5-3-11(4-6-13)10-17(22)23/h3-9,24H,10H2,1-2H3,(H,22,23)/b16-9-. The van der Waals surface area contributed by atoms with Crippen LogP contribution in [0.4, 0.5) is 5.69 Å². The highest BCUT2D eigenvalue weighted by Crippen LogP contribution is 2.40. The number of aromatic hydroxyl groups is 1. The minimum Gasteiger partial charge on any atom is -0.502 e. The molecule has 150 valence electrons. The summed E-state index contributed by atoms with van der Waals surface area (Å²) in [5.41, 5.74) is 1.80. The number of carboxylic acid groups (broad SMARTS) is 1. The second kappa shape index (κ2) is 8.54. The molecule has 3 rings (SSSR count).